The molecule has 2 aliphatic rings. The second-order valence-electron chi connectivity index (χ2n) is 16.6. The van der Waals surface area contributed by atoms with Crippen LogP contribution >= 0.6 is 11.3 Å². The number of amides is 1. The predicted octanol–water partition coefficient (Wildman–Crippen LogP) is 14.0. The Bertz CT molecular complexity index is 2970. The molecule has 0 bridgehead atoms. The van der Waals surface area contributed by atoms with Crippen LogP contribution in [0.25, 0.3) is 21.6 Å². The van der Waals surface area contributed by atoms with Gasteiger partial charge in [0.25, 0.3) is 5.91 Å². The lowest BCUT2D eigenvalue weighted by Crippen LogP contribution is -2.44. The minimum Gasteiger partial charge on any atom is -0.456 e. The van der Waals surface area contributed by atoms with Gasteiger partial charge < -0.3 is 14.5 Å². The van der Waals surface area contributed by atoms with Gasteiger partial charge in [0.15, 0.2) is 0 Å². The van der Waals surface area contributed by atoms with Crippen molar-refractivity contribution in [3.05, 3.63) is 237 Å². The molecule has 1 spiro atoms. The molecule has 8 aromatic rings. The second-order valence-corrected chi connectivity index (χ2v) is 17.7. The minimum absolute atomic E-state index is 0.152. The summed E-state index contributed by atoms with van der Waals surface area (Å²) in [5.74, 6) is 1.29. The lowest BCUT2D eigenvalue weighted by molar-refractivity contribution is 0.0675. The van der Waals surface area contributed by atoms with Crippen molar-refractivity contribution in [2.45, 2.75) is 33.2 Å². The number of ether oxygens (including phenoxy) is 1. The second kappa shape index (κ2) is 18.2. The Morgan fingerprint density at radius 1 is 0.545 bits per heavy atom. The van der Waals surface area contributed by atoms with Gasteiger partial charge in [-0.2, -0.15) is 5.10 Å². The highest BCUT2D eigenvalue weighted by Crippen LogP contribution is 2.58. The van der Waals surface area contributed by atoms with Gasteiger partial charge in [0.1, 0.15) is 17.0 Å². The van der Waals surface area contributed by atoms with Gasteiger partial charge in [-0.25, -0.2) is 5.01 Å². The Kier molecular flexibility index (Phi) is 11.7. The molecule has 1 amide bonds. The fourth-order valence-electron chi connectivity index (χ4n) is 9.86. The van der Waals surface area contributed by atoms with Gasteiger partial charge in [-0.15, -0.1) is 11.3 Å². The first-order chi connectivity index (χ1) is 32.5. The van der Waals surface area contributed by atoms with Gasteiger partial charge in [-0.05, 0) is 97.0 Å². The fourth-order valence-corrected chi connectivity index (χ4v) is 10.7. The van der Waals surface area contributed by atoms with Crippen LogP contribution in [0.3, 0.4) is 0 Å². The maximum absolute atomic E-state index is 14.8. The molecule has 0 fully saturated rings. The molecule has 7 aromatic carbocycles. The number of rotatable bonds is 13. The highest BCUT2D eigenvalue weighted by Gasteiger charge is 2.57. The number of hydrogen-bond donors (Lipinski definition) is 0. The number of fused-ring (bicyclic) bond motifs is 6. The lowest BCUT2D eigenvalue weighted by atomic mass is 9.75. The van der Waals surface area contributed by atoms with E-state index in [0.29, 0.717) is 5.56 Å². The smallest absolute Gasteiger partial charge is 0.275 e. The van der Waals surface area contributed by atoms with Crippen LogP contribution in [0.1, 0.15) is 81.9 Å². The van der Waals surface area contributed by atoms with Crippen molar-refractivity contribution >= 4 is 46.0 Å². The third kappa shape index (κ3) is 7.39. The van der Waals surface area contributed by atoms with E-state index in [4.69, 9.17) is 9.84 Å². The van der Waals surface area contributed by atoms with Crippen LogP contribution in [0.2, 0.25) is 0 Å². The quantitative estimate of drug-likeness (QED) is 0.0855. The number of carbonyl (C=O) groups excluding carboxylic acids is 1. The van der Waals surface area contributed by atoms with Crippen molar-refractivity contribution in [1.29, 1.82) is 0 Å². The van der Waals surface area contributed by atoms with E-state index in [2.05, 4.69) is 207 Å². The van der Waals surface area contributed by atoms with Gasteiger partial charge in [-0.3, -0.25) is 4.79 Å². The molecular formula is C59H52N4O2S. The highest BCUT2D eigenvalue weighted by atomic mass is 32.1. The molecule has 326 valence electrons. The van der Waals surface area contributed by atoms with Crippen molar-refractivity contribution in [2.75, 3.05) is 36.0 Å². The first-order valence-corrected chi connectivity index (χ1v) is 23.8. The Morgan fingerprint density at radius 3 is 1.52 bits per heavy atom. The standard InChI is InChI=1S/C59H52N4O2S/c1-5-61(6-2)46-32-35-51-53(38-46)65-54-39-47(62(7-3)8-4)33-36-52(54)59(51)50-27-19-18-26-49(50)58(64)63(59)60-40-48-34-37-55(66-48)41-28-30-45(31-29-41)57(44-24-16-11-17-25-44)56(42-20-12-9-13-21-42)43-22-14-10-15-23-43/h9-40H,5-8H2,1-4H3/b60-40+. The molecule has 0 aliphatic carbocycles. The average molecular weight is 881 g/mol. The van der Waals surface area contributed by atoms with Gasteiger partial charge in [-0.1, -0.05) is 146 Å². The molecule has 0 N–H and O–H groups in total. The number of anilines is 2. The Labute approximate surface area is 392 Å². The van der Waals surface area contributed by atoms with Gasteiger partial charge in [0.2, 0.25) is 0 Å². The highest BCUT2D eigenvalue weighted by molar-refractivity contribution is 7.17. The predicted molar refractivity (Wildman–Crippen MR) is 274 cm³/mol. The van der Waals surface area contributed by atoms with Crippen LogP contribution in [0.15, 0.2) is 193 Å². The fraction of sp³-hybridized carbons (Fsp3) is 0.153. The number of nitrogens with zero attached hydrogens (tertiary/aromatic N) is 4. The molecule has 0 radical (unpaired) electrons. The van der Waals surface area contributed by atoms with Crippen molar-refractivity contribution in [3.63, 3.8) is 0 Å². The maximum atomic E-state index is 14.8. The lowest BCUT2D eigenvalue weighted by Gasteiger charge is -2.42. The van der Waals surface area contributed by atoms with E-state index in [-0.39, 0.29) is 5.91 Å². The van der Waals surface area contributed by atoms with E-state index >= 15 is 0 Å². The molecule has 66 heavy (non-hydrogen) atoms. The number of carbonyl (C=O) groups is 1. The molecular weight excluding hydrogens is 829 g/mol. The summed E-state index contributed by atoms with van der Waals surface area (Å²) in [5.41, 5.74) is 12.5. The van der Waals surface area contributed by atoms with E-state index in [1.165, 1.54) is 11.1 Å². The van der Waals surface area contributed by atoms with Gasteiger partial charge >= 0.3 is 0 Å². The summed E-state index contributed by atoms with van der Waals surface area (Å²) in [5, 5.41) is 6.89. The Balaban J connectivity index is 1.05. The molecule has 0 saturated carbocycles. The van der Waals surface area contributed by atoms with Crippen molar-refractivity contribution in [1.82, 2.24) is 5.01 Å². The van der Waals surface area contributed by atoms with Crippen molar-refractivity contribution in [3.8, 4) is 21.9 Å². The first-order valence-electron chi connectivity index (χ1n) is 23.0. The van der Waals surface area contributed by atoms with Crippen molar-refractivity contribution in [2.24, 2.45) is 5.10 Å². The molecule has 1 aromatic heterocycles. The van der Waals surface area contributed by atoms with E-state index in [0.717, 1.165) is 103 Å². The van der Waals surface area contributed by atoms with Crippen LogP contribution in [0.5, 0.6) is 11.5 Å². The van der Waals surface area contributed by atoms with E-state index in [1.807, 2.05) is 24.4 Å². The van der Waals surface area contributed by atoms with Crippen molar-refractivity contribution < 1.29 is 9.53 Å². The molecule has 0 unspecified atom stereocenters. The van der Waals surface area contributed by atoms with Crippen LogP contribution in [-0.2, 0) is 5.54 Å². The molecule has 3 heterocycles. The SMILES string of the molecule is CCN(CC)c1ccc2c(c1)Oc1cc(N(CC)CC)ccc1C21c2ccccc2C(=O)N1/N=C/c1ccc(-c2ccc(C(=C(c3ccccc3)c3ccccc3)c3ccccc3)cc2)s1. The Hall–Kier alpha value is -7.48. The summed E-state index contributed by atoms with van der Waals surface area (Å²) in [4.78, 5) is 21.5. The Morgan fingerprint density at radius 2 is 1.02 bits per heavy atom. The third-order valence-electron chi connectivity index (χ3n) is 13.1. The normalized spacial score (nSPS) is 13.3. The van der Waals surface area contributed by atoms with Crippen LogP contribution < -0.4 is 14.5 Å². The zero-order valence-electron chi connectivity index (χ0n) is 37.8. The average Bonchev–Trinajstić information content (AvgIpc) is 3.94. The van der Waals surface area contributed by atoms with Gasteiger partial charge in [0, 0.05) is 81.7 Å². The third-order valence-corrected chi connectivity index (χ3v) is 14.1. The van der Waals surface area contributed by atoms with E-state index in [9.17, 15) is 4.79 Å². The van der Waals surface area contributed by atoms with Crippen LogP contribution in [0, 0.1) is 0 Å². The summed E-state index contributed by atoms with van der Waals surface area (Å²) < 4.78 is 6.90. The number of hydrazone groups is 1. The zero-order chi connectivity index (χ0) is 45.2. The van der Waals surface area contributed by atoms with Crippen LogP contribution in [0.4, 0.5) is 11.4 Å². The number of thiophene rings is 1. The summed E-state index contributed by atoms with van der Waals surface area (Å²) in [6.45, 7) is 12.1. The summed E-state index contributed by atoms with van der Waals surface area (Å²) in [6, 6.07) is 65.9. The zero-order valence-corrected chi connectivity index (χ0v) is 38.6. The summed E-state index contributed by atoms with van der Waals surface area (Å²) in [7, 11) is 0. The molecule has 0 atom stereocenters. The van der Waals surface area contributed by atoms with Crippen LogP contribution in [-0.4, -0.2) is 43.3 Å². The van der Waals surface area contributed by atoms with E-state index < -0.39 is 5.54 Å². The monoisotopic (exact) mass is 880 g/mol. The van der Waals surface area contributed by atoms with E-state index in [1.54, 1.807) is 16.3 Å². The molecule has 2 aliphatic heterocycles. The molecule has 10 rings (SSSR count). The largest absolute Gasteiger partial charge is 0.456 e. The number of hydrogen-bond acceptors (Lipinski definition) is 6. The number of benzene rings is 7. The summed E-state index contributed by atoms with van der Waals surface area (Å²) >= 11 is 1.66. The topological polar surface area (TPSA) is 48.4 Å². The maximum Gasteiger partial charge on any atom is 0.275 e. The summed E-state index contributed by atoms with van der Waals surface area (Å²) in [6.07, 6.45) is 1.85. The minimum atomic E-state index is -1.06. The van der Waals surface area contributed by atoms with Gasteiger partial charge in [0.05, 0.1) is 6.21 Å². The first kappa shape index (κ1) is 42.5. The molecule has 7 heteroatoms. The molecule has 6 nitrogen and oxygen atoms in total. The molecule has 0 saturated heterocycles.